The van der Waals surface area contributed by atoms with Crippen molar-refractivity contribution in [1.82, 2.24) is 10.9 Å². The molecule has 2 amide bonds. The van der Waals surface area contributed by atoms with Crippen molar-refractivity contribution in [3.8, 4) is 0 Å². The Bertz CT molecular complexity index is 679. The number of amides is 2. The van der Waals surface area contributed by atoms with Gasteiger partial charge in [-0.1, -0.05) is 37.1 Å². The van der Waals surface area contributed by atoms with Crippen LogP contribution in [-0.2, 0) is 9.59 Å². The van der Waals surface area contributed by atoms with Gasteiger partial charge in [0.1, 0.15) is 0 Å². The van der Waals surface area contributed by atoms with Gasteiger partial charge in [0.2, 0.25) is 11.8 Å². The monoisotopic (exact) mass is 410 g/mol. The highest BCUT2D eigenvalue weighted by atomic mass is 16.2. The number of hydrazone groups is 2. The fraction of sp³-hybridized carbons (Fsp3) is 0.667. The Morgan fingerprint density at radius 2 is 1.17 bits per heavy atom. The summed E-state index contributed by atoms with van der Waals surface area (Å²) in [6.45, 7) is 0. The Morgan fingerprint density at radius 1 is 0.700 bits per heavy atom. The third-order valence-corrected chi connectivity index (χ3v) is 7.13. The number of allylic oxidation sites excluding steroid dienone is 4. The molecule has 0 aromatic heterocycles. The molecule has 162 valence electrons. The molecule has 0 unspecified atom stereocenters. The molecule has 0 aromatic carbocycles. The van der Waals surface area contributed by atoms with Gasteiger partial charge in [0, 0.05) is 37.1 Å². The Morgan fingerprint density at radius 3 is 1.53 bits per heavy atom. The van der Waals surface area contributed by atoms with Crippen LogP contribution in [0.5, 0.6) is 0 Å². The van der Waals surface area contributed by atoms with Crippen molar-refractivity contribution in [3.05, 3.63) is 24.3 Å². The standard InChI is InChI=1S/C24H34N4O2/c29-23(27-25-15-21-13-17-7-9-19(21)11-17)5-3-1-2-4-6-24(30)28-26-16-22-14-18-8-10-20(22)12-18/h7-10,15-22H,1-6,11-14H2,(H,27,29)(H,28,30)/b25-15-,26-16-/t17-,18-,19-,20-,21-,22-/m1/s1. The van der Waals surface area contributed by atoms with Crippen LogP contribution >= 0.6 is 0 Å². The maximum Gasteiger partial charge on any atom is 0.240 e. The molecule has 0 spiro atoms. The zero-order valence-corrected chi connectivity index (χ0v) is 17.7. The van der Waals surface area contributed by atoms with Gasteiger partial charge < -0.3 is 0 Å². The first kappa shape index (κ1) is 21.0. The van der Waals surface area contributed by atoms with Gasteiger partial charge in [-0.2, -0.15) is 10.2 Å². The van der Waals surface area contributed by atoms with Crippen molar-refractivity contribution >= 4 is 24.2 Å². The molecule has 4 rings (SSSR count). The summed E-state index contributed by atoms with van der Waals surface area (Å²) in [7, 11) is 0. The molecule has 2 N–H and O–H groups in total. The van der Waals surface area contributed by atoms with E-state index in [0.29, 0.717) is 36.5 Å². The van der Waals surface area contributed by atoms with Gasteiger partial charge in [0.05, 0.1) is 0 Å². The van der Waals surface area contributed by atoms with Crippen LogP contribution in [0.4, 0.5) is 0 Å². The number of nitrogens with one attached hydrogen (secondary N) is 2. The van der Waals surface area contributed by atoms with Crippen LogP contribution in [0.15, 0.2) is 34.5 Å². The highest BCUT2D eigenvalue weighted by Crippen LogP contribution is 2.43. The van der Waals surface area contributed by atoms with Gasteiger partial charge in [-0.05, 0) is 62.2 Å². The second kappa shape index (κ2) is 10.2. The predicted molar refractivity (Wildman–Crippen MR) is 119 cm³/mol. The molecule has 4 bridgehead atoms. The van der Waals surface area contributed by atoms with Gasteiger partial charge in [0.15, 0.2) is 0 Å². The summed E-state index contributed by atoms with van der Waals surface area (Å²) in [6.07, 6.45) is 22.4. The number of hydrogen-bond acceptors (Lipinski definition) is 4. The molecular formula is C24H34N4O2. The molecule has 6 nitrogen and oxygen atoms in total. The fourth-order valence-electron chi connectivity index (χ4n) is 5.44. The maximum atomic E-state index is 11.9. The van der Waals surface area contributed by atoms with Crippen LogP contribution in [0.1, 0.15) is 64.2 Å². The van der Waals surface area contributed by atoms with E-state index >= 15 is 0 Å². The normalized spacial score (nSPS) is 33.3. The molecule has 2 fully saturated rings. The molecule has 30 heavy (non-hydrogen) atoms. The minimum Gasteiger partial charge on any atom is -0.273 e. The van der Waals surface area contributed by atoms with Crippen LogP contribution in [0.2, 0.25) is 0 Å². The molecule has 6 heteroatoms. The third kappa shape index (κ3) is 5.67. The van der Waals surface area contributed by atoms with Gasteiger partial charge in [-0.25, -0.2) is 10.9 Å². The quantitative estimate of drug-likeness (QED) is 0.234. The Balaban J connectivity index is 0.981. The highest BCUT2D eigenvalue weighted by Gasteiger charge is 2.35. The van der Waals surface area contributed by atoms with Crippen molar-refractivity contribution < 1.29 is 9.59 Å². The van der Waals surface area contributed by atoms with Crippen LogP contribution in [0.25, 0.3) is 0 Å². The summed E-state index contributed by atoms with van der Waals surface area (Å²) >= 11 is 0. The molecule has 0 aromatic rings. The second-order valence-electron chi connectivity index (χ2n) is 9.43. The minimum atomic E-state index is -0.0208. The first-order chi connectivity index (χ1) is 14.7. The summed E-state index contributed by atoms with van der Waals surface area (Å²) in [5.41, 5.74) is 5.31. The lowest BCUT2D eigenvalue weighted by Gasteiger charge is -2.12. The van der Waals surface area contributed by atoms with E-state index in [-0.39, 0.29) is 11.8 Å². The second-order valence-corrected chi connectivity index (χ2v) is 9.43. The van der Waals surface area contributed by atoms with Crippen LogP contribution in [-0.4, -0.2) is 24.2 Å². The number of unbranched alkanes of at least 4 members (excludes halogenated alkanes) is 3. The molecule has 6 atom stereocenters. The number of carbonyl (C=O) groups is 2. The molecule has 0 saturated heterocycles. The largest absolute Gasteiger partial charge is 0.273 e. The van der Waals surface area contributed by atoms with E-state index in [1.807, 2.05) is 12.4 Å². The van der Waals surface area contributed by atoms with E-state index < -0.39 is 0 Å². The molecule has 2 saturated carbocycles. The van der Waals surface area contributed by atoms with E-state index in [2.05, 4.69) is 45.4 Å². The Hall–Kier alpha value is -2.24. The van der Waals surface area contributed by atoms with Crippen molar-refractivity contribution in [3.63, 3.8) is 0 Å². The highest BCUT2D eigenvalue weighted by molar-refractivity contribution is 5.77. The predicted octanol–water partition coefficient (Wildman–Crippen LogP) is 3.96. The minimum absolute atomic E-state index is 0.0208. The topological polar surface area (TPSA) is 82.9 Å². The number of rotatable bonds is 11. The van der Waals surface area contributed by atoms with Crippen molar-refractivity contribution in [2.24, 2.45) is 45.7 Å². The van der Waals surface area contributed by atoms with Gasteiger partial charge in [-0.15, -0.1) is 0 Å². The van der Waals surface area contributed by atoms with E-state index in [1.165, 1.54) is 25.7 Å². The number of hydrogen-bond donors (Lipinski definition) is 2. The van der Waals surface area contributed by atoms with Crippen LogP contribution in [0, 0.1) is 35.5 Å². The number of carbonyl (C=O) groups excluding carboxylic acids is 2. The molecular weight excluding hydrogens is 376 g/mol. The van der Waals surface area contributed by atoms with Gasteiger partial charge in [-0.3, -0.25) is 9.59 Å². The molecule has 4 aliphatic carbocycles. The van der Waals surface area contributed by atoms with E-state index in [9.17, 15) is 9.59 Å². The average Bonchev–Trinajstić information content (AvgIpc) is 3.52. The van der Waals surface area contributed by atoms with E-state index in [1.54, 1.807) is 0 Å². The summed E-state index contributed by atoms with van der Waals surface area (Å²) in [6, 6.07) is 0. The SMILES string of the molecule is O=C(CCCCCCC(=O)N/N=C\[C@H]1C[C@@H]2C=C[C@@H]1C2)N/N=C\[C@H]1C[C@@H]2C=C[C@@H]1C2. The van der Waals surface area contributed by atoms with Gasteiger partial charge >= 0.3 is 0 Å². The van der Waals surface area contributed by atoms with E-state index in [0.717, 1.165) is 37.5 Å². The average molecular weight is 411 g/mol. The first-order valence-corrected chi connectivity index (χ1v) is 11.7. The summed E-state index contributed by atoms with van der Waals surface area (Å²) in [5.74, 6) is 3.61. The van der Waals surface area contributed by atoms with E-state index in [4.69, 9.17) is 0 Å². The lowest BCUT2D eigenvalue weighted by atomic mass is 9.95. The van der Waals surface area contributed by atoms with Crippen molar-refractivity contribution in [1.29, 1.82) is 0 Å². The fourth-order valence-corrected chi connectivity index (χ4v) is 5.44. The lowest BCUT2D eigenvalue weighted by molar-refractivity contribution is -0.122. The number of fused-ring (bicyclic) bond motifs is 4. The summed E-state index contributed by atoms with van der Waals surface area (Å²) in [4.78, 5) is 23.7. The zero-order chi connectivity index (χ0) is 20.8. The smallest absolute Gasteiger partial charge is 0.240 e. The molecule has 4 aliphatic rings. The van der Waals surface area contributed by atoms with Crippen molar-refractivity contribution in [2.75, 3.05) is 0 Å². The van der Waals surface area contributed by atoms with Crippen LogP contribution in [0.3, 0.4) is 0 Å². The first-order valence-electron chi connectivity index (χ1n) is 11.7. The van der Waals surface area contributed by atoms with Gasteiger partial charge in [0.25, 0.3) is 0 Å². The molecule has 0 aliphatic heterocycles. The van der Waals surface area contributed by atoms with Crippen LogP contribution < -0.4 is 10.9 Å². The summed E-state index contributed by atoms with van der Waals surface area (Å²) in [5, 5.41) is 8.30. The Labute approximate surface area is 179 Å². The van der Waals surface area contributed by atoms with Crippen molar-refractivity contribution in [2.45, 2.75) is 64.2 Å². The maximum absolute atomic E-state index is 11.9. The zero-order valence-electron chi connectivity index (χ0n) is 17.7. The number of nitrogens with zero attached hydrogens (tertiary/aromatic N) is 2. The third-order valence-electron chi connectivity index (χ3n) is 7.13. The molecule has 0 radical (unpaired) electrons. The Kier molecular flexibility index (Phi) is 7.13. The lowest BCUT2D eigenvalue weighted by Crippen LogP contribution is -2.19. The molecule has 0 heterocycles. The summed E-state index contributed by atoms with van der Waals surface area (Å²) < 4.78 is 0.